The van der Waals surface area contributed by atoms with Gasteiger partial charge in [-0.1, -0.05) is 20.8 Å². The van der Waals surface area contributed by atoms with Crippen LogP contribution in [0.15, 0.2) is 0 Å². The first-order valence-corrected chi connectivity index (χ1v) is 10.3. The molecule has 0 aliphatic carbocycles. The molecule has 1 heterocycles. The van der Waals surface area contributed by atoms with Crippen molar-refractivity contribution in [3.8, 4) is 0 Å². The Kier molecular flexibility index (Phi) is 6.05. The van der Waals surface area contributed by atoms with Crippen molar-refractivity contribution in [1.82, 2.24) is 0 Å². The van der Waals surface area contributed by atoms with Gasteiger partial charge in [0.2, 0.25) is 8.32 Å². The van der Waals surface area contributed by atoms with Gasteiger partial charge < -0.3 is 4.74 Å². The quantitative estimate of drug-likeness (QED) is 0.350. The Morgan fingerprint density at radius 3 is 2.05 bits per heavy atom. The Morgan fingerprint density at radius 2 is 1.68 bits per heavy atom. The molecule has 0 bridgehead atoms. The van der Waals surface area contributed by atoms with Crippen LogP contribution in [0.3, 0.4) is 0 Å². The number of hydrogen-bond donors (Lipinski definition) is 0. The third-order valence-electron chi connectivity index (χ3n) is 4.71. The van der Waals surface area contributed by atoms with Crippen LogP contribution in [0.4, 0.5) is 0 Å². The number of hydrogen-bond acceptors (Lipinski definition) is 3. The van der Waals surface area contributed by atoms with Gasteiger partial charge in [0.25, 0.3) is 0 Å². The molecule has 0 aromatic carbocycles. The Hall–Kier alpha value is 0.0969. The van der Waals surface area contributed by atoms with E-state index >= 15 is 0 Å². The van der Waals surface area contributed by atoms with Gasteiger partial charge in [0.1, 0.15) is 0 Å². The molecule has 0 N–H and O–H groups in total. The first-order chi connectivity index (χ1) is 8.80. The van der Waals surface area contributed by atoms with E-state index in [2.05, 4.69) is 41.5 Å². The summed E-state index contributed by atoms with van der Waals surface area (Å²) in [6, 6.07) is 3.37. The average molecular weight is 289 g/mol. The predicted octanol–water partition coefficient (Wildman–Crippen LogP) is 4.68. The Bertz CT molecular complexity index is 262. The topological polar surface area (TPSA) is 27.7 Å². The smallest absolute Gasteiger partial charge is 0.238 e. The van der Waals surface area contributed by atoms with Gasteiger partial charge in [-0.05, 0) is 58.2 Å². The van der Waals surface area contributed by atoms with E-state index in [1.165, 1.54) is 6.42 Å². The predicted molar refractivity (Wildman–Crippen MR) is 81.7 cm³/mol. The average Bonchev–Trinajstić information content (AvgIpc) is 2.37. The number of rotatable bonds is 9. The number of ether oxygens (including phenoxy) is 1. The van der Waals surface area contributed by atoms with Gasteiger partial charge in [-0.15, -0.1) is 0 Å². The standard InChI is InChI=1S/C15H32O3Si/c1-7-19(8-2,9-3)18-17-14(4,5)10-11-15(6)12-13-16-15/h7-13H2,1-6H3. The molecule has 4 heteroatoms. The highest BCUT2D eigenvalue weighted by molar-refractivity contribution is 6.73. The van der Waals surface area contributed by atoms with Crippen LogP contribution < -0.4 is 0 Å². The minimum atomic E-state index is -1.65. The molecule has 0 spiro atoms. The van der Waals surface area contributed by atoms with Crippen molar-refractivity contribution in [2.45, 2.75) is 90.1 Å². The van der Waals surface area contributed by atoms with Gasteiger partial charge in [0.05, 0.1) is 17.8 Å². The third-order valence-corrected chi connectivity index (χ3v) is 9.02. The largest absolute Gasteiger partial charge is 0.375 e. The molecule has 1 aliphatic heterocycles. The zero-order chi connectivity index (χ0) is 14.6. The second-order valence-electron chi connectivity index (χ2n) is 6.72. The summed E-state index contributed by atoms with van der Waals surface area (Å²) in [5.74, 6) is 0. The molecule has 1 rings (SSSR count). The molecule has 1 fully saturated rings. The van der Waals surface area contributed by atoms with Gasteiger partial charge in [-0.25, -0.2) is 4.89 Å². The van der Waals surface area contributed by atoms with Gasteiger partial charge >= 0.3 is 0 Å². The molecule has 0 amide bonds. The fourth-order valence-corrected chi connectivity index (χ4v) is 4.64. The molecule has 1 atom stereocenters. The van der Waals surface area contributed by atoms with Crippen LogP contribution >= 0.6 is 0 Å². The van der Waals surface area contributed by atoms with Crippen molar-refractivity contribution in [1.29, 1.82) is 0 Å². The maximum absolute atomic E-state index is 5.96. The second-order valence-corrected chi connectivity index (χ2v) is 11.4. The van der Waals surface area contributed by atoms with Crippen molar-refractivity contribution in [3.63, 3.8) is 0 Å². The lowest BCUT2D eigenvalue weighted by Crippen LogP contribution is -2.43. The molecule has 1 unspecified atom stereocenters. The van der Waals surface area contributed by atoms with Crippen molar-refractivity contribution >= 4 is 8.32 Å². The minimum absolute atomic E-state index is 0.0788. The fourth-order valence-electron chi connectivity index (χ4n) is 2.38. The summed E-state index contributed by atoms with van der Waals surface area (Å²) in [7, 11) is -1.65. The van der Waals surface area contributed by atoms with Crippen LogP contribution in [-0.2, 0) is 14.2 Å². The zero-order valence-electron chi connectivity index (χ0n) is 13.7. The molecule has 0 aromatic rings. The van der Waals surface area contributed by atoms with E-state index in [1.54, 1.807) is 0 Å². The summed E-state index contributed by atoms with van der Waals surface area (Å²) in [6.45, 7) is 14.0. The first-order valence-electron chi connectivity index (χ1n) is 7.81. The van der Waals surface area contributed by atoms with Gasteiger partial charge in [0, 0.05) is 0 Å². The van der Waals surface area contributed by atoms with E-state index in [0.29, 0.717) is 0 Å². The monoisotopic (exact) mass is 288 g/mol. The molecule has 1 aliphatic rings. The van der Waals surface area contributed by atoms with Crippen LogP contribution in [-0.4, -0.2) is 26.1 Å². The van der Waals surface area contributed by atoms with E-state index in [4.69, 9.17) is 14.2 Å². The lowest BCUT2D eigenvalue weighted by Gasteiger charge is -2.41. The highest BCUT2D eigenvalue weighted by atomic mass is 28.4. The van der Waals surface area contributed by atoms with Crippen LogP contribution in [0.1, 0.15) is 60.8 Å². The van der Waals surface area contributed by atoms with E-state index in [1.807, 2.05) is 0 Å². The lowest BCUT2D eigenvalue weighted by molar-refractivity contribution is -0.297. The van der Waals surface area contributed by atoms with Gasteiger partial charge in [0.15, 0.2) is 0 Å². The summed E-state index contributed by atoms with van der Waals surface area (Å²) >= 11 is 0. The molecule has 0 radical (unpaired) electrons. The van der Waals surface area contributed by atoms with Crippen molar-refractivity contribution in [3.05, 3.63) is 0 Å². The molecular weight excluding hydrogens is 256 g/mol. The van der Waals surface area contributed by atoms with Crippen LogP contribution in [0.5, 0.6) is 0 Å². The molecular formula is C15H32O3Si. The molecule has 3 nitrogen and oxygen atoms in total. The summed E-state index contributed by atoms with van der Waals surface area (Å²) in [5, 5.41) is 0. The highest BCUT2D eigenvalue weighted by Crippen LogP contribution is 2.34. The van der Waals surface area contributed by atoms with E-state index < -0.39 is 8.32 Å². The summed E-state index contributed by atoms with van der Waals surface area (Å²) in [5.41, 5.74) is -0.144. The van der Waals surface area contributed by atoms with E-state index in [0.717, 1.165) is 37.6 Å². The summed E-state index contributed by atoms with van der Waals surface area (Å²) in [6.07, 6.45) is 3.19. The lowest BCUT2D eigenvalue weighted by atomic mass is 9.87. The highest BCUT2D eigenvalue weighted by Gasteiger charge is 2.37. The molecule has 114 valence electrons. The Labute approximate surface area is 120 Å². The Balaban J connectivity index is 2.40. The third kappa shape index (κ3) is 4.85. The molecule has 0 aromatic heterocycles. The fraction of sp³-hybridized carbons (Fsp3) is 1.00. The SMILES string of the molecule is CC[Si](CC)(CC)OOC(C)(C)CCC1(C)CCO1. The minimum Gasteiger partial charge on any atom is -0.375 e. The normalized spacial score (nSPS) is 24.3. The van der Waals surface area contributed by atoms with Crippen molar-refractivity contribution < 1.29 is 14.2 Å². The van der Waals surface area contributed by atoms with Gasteiger partial charge in [-0.2, -0.15) is 0 Å². The molecule has 1 saturated heterocycles. The second kappa shape index (κ2) is 6.70. The van der Waals surface area contributed by atoms with Gasteiger partial charge in [-0.3, -0.25) is 4.58 Å². The van der Waals surface area contributed by atoms with Crippen molar-refractivity contribution in [2.75, 3.05) is 6.61 Å². The summed E-state index contributed by atoms with van der Waals surface area (Å²) in [4.78, 5) is 5.84. The summed E-state index contributed by atoms with van der Waals surface area (Å²) < 4.78 is 11.6. The first kappa shape index (κ1) is 17.1. The molecule has 0 saturated carbocycles. The van der Waals surface area contributed by atoms with Crippen molar-refractivity contribution in [2.24, 2.45) is 0 Å². The van der Waals surface area contributed by atoms with Crippen LogP contribution in [0.25, 0.3) is 0 Å². The zero-order valence-corrected chi connectivity index (χ0v) is 14.7. The maximum atomic E-state index is 5.96. The van der Waals surface area contributed by atoms with E-state index in [-0.39, 0.29) is 11.2 Å². The van der Waals surface area contributed by atoms with Crippen LogP contribution in [0.2, 0.25) is 18.1 Å². The van der Waals surface area contributed by atoms with Crippen LogP contribution in [0, 0.1) is 0 Å². The Morgan fingerprint density at radius 1 is 1.16 bits per heavy atom. The maximum Gasteiger partial charge on any atom is 0.238 e. The van der Waals surface area contributed by atoms with E-state index in [9.17, 15) is 0 Å². The molecule has 19 heavy (non-hydrogen) atoms.